The summed E-state index contributed by atoms with van der Waals surface area (Å²) in [4.78, 5) is 11.0. The molecule has 68 valence electrons. The van der Waals surface area contributed by atoms with Crippen LogP contribution in [-0.2, 0) is 9.53 Å². The number of esters is 1. The molecular weight excluding hydrogens is 176 g/mol. The summed E-state index contributed by atoms with van der Waals surface area (Å²) in [5.74, 6) is 5.05. The highest BCUT2D eigenvalue weighted by atomic mass is 35.5. The van der Waals surface area contributed by atoms with Gasteiger partial charge in [-0.1, -0.05) is 12.8 Å². The van der Waals surface area contributed by atoms with E-state index in [1.165, 1.54) is 0 Å². The quantitative estimate of drug-likeness (QED) is 0.385. The first kappa shape index (κ1) is 11.3. The molecule has 0 rings (SSSR count). The molecule has 0 radical (unpaired) electrons. The average Bonchev–Trinajstić information content (AvgIpc) is 2.03. The van der Waals surface area contributed by atoms with Gasteiger partial charge in [0.05, 0.1) is 0 Å². The van der Waals surface area contributed by atoms with Crippen molar-refractivity contribution in [1.29, 1.82) is 0 Å². The summed E-state index contributed by atoms with van der Waals surface area (Å²) in [6, 6.07) is 0. The van der Waals surface area contributed by atoms with E-state index in [2.05, 4.69) is 11.8 Å². The van der Waals surface area contributed by atoms with Gasteiger partial charge in [-0.05, 0) is 20.3 Å². The predicted molar refractivity (Wildman–Crippen MR) is 48.9 cm³/mol. The Morgan fingerprint density at radius 1 is 1.67 bits per heavy atom. The van der Waals surface area contributed by atoms with Crippen LogP contribution in [0.5, 0.6) is 0 Å². The van der Waals surface area contributed by atoms with Crippen LogP contribution in [0.4, 0.5) is 0 Å². The first-order valence-corrected chi connectivity index (χ1v) is 4.32. The largest absolute Gasteiger partial charge is 0.448 e. The van der Waals surface area contributed by atoms with Crippen molar-refractivity contribution in [1.82, 2.24) is 0 Å². The zero-order valence-corrected chi connectivity index (χ0v) is 8.31. The number of hydrogen-bond acceptors (Lipinski definition) is 2. The molecule has 0 amide bonds. The van der Waals surface area contributed by atoms with Gasteiger partial charge in [0.15, 0.2) is 6.10 Å². The molecule has 0 saturated heterocycles. The molecule has 0 saturated carbocycles. The van der Waals surface area contributed by atoms with Gasteiger partial charge in [-0.15, -0.1) is 17.5 Å². The summed E-state index contributed by atoms with van der Waals surface area (Å²) >= 11 is 5.51. The second kappa shape index (κ2) is 5.91. The number of carbonyl (C=O) groups excluding carboxylic acids is 1. The molecule has 0 spiro atoms. The minimum Gasteiger partial charge on any atom is -0.448 e. The molecule has 3 heteroatoms. The fourth-order valence-electron chi connectivity index (χ4n) is 0.610. The lowest BCUT2D eigenvalue weighted by Gasteiger charge is -2.10. The van der Waals surface area contributed by atoms with E-state index in [1.807, 2.05) is 6.92 Å². The molecule has 12 heavy (non-hydrogen) atoms. The van der Waals surface area contributed by atoms with E-state index in [9.17, 15) is 4.79 Å². The lowest BCUT2D eigenvalue weighted by Crippen LogP contribution is -2.21. The van der Waals surface area contributed by atoms with Gasteiger partial charge in [-0.25, -0.2) is 0 Å². The van der Waals surface area contributed by atoms with E-state index in [1.54, 1.807) is 13.8 Å². The van der Waals surface area contributed by atoms with Crippen molar-refractivity contribution in [3.05, 3.63) is 0 Å². The Balaban J connectivity index is 4.00. The van der Waals surface area contributed by atoms with Crippen LogP contribution in [0.1, 0.15) is 27.2 Å². The highest BCUT2D eigenvalue weighted by Gasteiger charge is 2.14. The Labute approximate surface area is 78.2 Å². The molecule has 0 aromatic rings. The number of hydrogen-bond donors (Lipinski definition) is 0. The van der Waals surface area contributed by atoms with Crippen LogP contribution in [0.2, 0.25) is 0 Å². The number of halogens is 1. The molecule has 2 unspecified atom stereocenters. The maximum atomic E-state index is 11.0. The van der Waals surface area contributed by atoms with Gasteiger partial charge in [-0.2, -0.15) is 0 Å². The molecule has 0 aromatic carbocycles. The smallest absolute Gasteiger partial charge is 0.324 e. The third-order valence-electron chi connectivity index (χ3n) is 1.26. The van der Waals surface area contributed by atoms with Crippen molar-refractivity contribution in [3.8, 4) is 11.8 Å². The fourth-order valence-corrected chi connectivity index (χ4v) is 0.661. The number of alkyl halides is 1. The Morgan fingerprint density at radius 3 is 2.58 bits per heavy atom. The van der Waals surface area contributed by atoms with Crippen LogP contribution < -0.4 is 0 Å². The number of rotatable bonds is 3. The minimum atomic E-state index is -0.599. The maximum Gasteiger partial charge on any atom is 0.324 e. The maximum absolute atomic E-state index is 11.0. The van der Waals surface area contributed by atoms with E-state index in [-0.39, 0.29) is 6.10 Å². The minimum absolute atomic E-state index is 0.316. The monoisotopic (exact) mass is 188 g/mol. The first-order chi connectivity index (χ1) is 5.61. The van der Waals surface area contributed by atoms with Gasteiger partial charge in [-0.3, -0.25) is 4.79 Å². The van der Waals surface area contributed by atoms with Crippen LogP contribution in [-0.4, -0.2) is 17.5 Å². The summed E-state index contributed by atoms with van der Waals surface area (Å²) < 4.78 is 4.96. The Morgan fingerprint density at radius 2 is 2.25 bits per heavy atom. The van der Waals surface area contributed by atoms with E-state index in [0.29, 0.717) is 6.42 Å². The summed E-state index contributed by atoms with van der Waals surface area (Å²) in [7, 11) is 0. The van der Waals surface area contributed by atoms with Crippen molar-refractivity contribution < 1.29 is 9.53 Å². The summed E-state index contributed by atoms with van der Waals surface area (Å²) in [6.45, 7) is 5.19. The lowest BCUT2D eigenvalue weighted by atomic mass is 10.3. The van der Waals surface area contributed by atoms with E-state index < -0.39 is 11.3 Å². The second-order valence-electron chi connectivity index (χ2n) is 2.34. The molecule has 2 nitrogen and oxygen atoms in total. The van der Waals surface area contributed by atoms with Crippen molar-refractivity contribution in [2.45, 2.75) is 38.7 Å². The molecule has 0 heterocycles. The molecule has 0 fully saturated rings. The molecule has 0 aromatic heterocycles. The molecule has 0 N–H and O–H groups in total. The van der Waals surface area contributed by atoms with Gasteiger partial charge in [0.25, 0.3) is 0 Å². The second-order valence-corrected chi connectivity index (χ2v) is 3.00. The topological polar surface area (TPSA) is 26.3 Å². The normalized spacial score (nSPS) is 14.0. The van der Waals surface area contributed by atoms with Gasteiger partial charge in [0, 0.05) is 0 Å². The highest BCUT2D eigenvalue weighted by molar-refractivity contribution is 6.29. The van der Waals surface area contributed by atoms with Crippen LogP contribution in [0, 0.1) is 11.8 Å². The standard InChI is InChI=1S/C9H13ClO2/c1-4-6-8(5-2)12-9(11)7(3)10/h7-8H,5H2,1-3H3. The third kappa shape index (κ3) is 4.25. The Kier molecular flexibility index (Phi) is 5.57. The fraction of sp³-hybridized carbons (Fsp3) is 0.667. The highest BCUT2D eigenvalue weighted by Crippen LogP contribution is 2.03. The lowest BCUT2D eigenvalue weighted by molar-refractivity contribution is -0.145. The molecule has 0 aliphatic rings. The average molecular weight is 189 g/mol. The van der Waals surface area contributed by atoms with Gasteiger partial charge in [0.1, 0.15) is 5.38 Å². The van der Waals surface area contributed by atoms with Crippen molar-refractivity contribution in [2.75, 3.05) is 0 Å². The van der Waals surface area contributed by atoms with Crippen molar-refractivity contribution in [2.24, 2.45) is 0 Å². The van der Waals surface area contributed by atoms with Gasteiger partial charge < -0.3 is 4.74 Å². The summed E-state index contributed by atoms with van der Waals surface area (Å²) in [5.41, 5.74) is 0. The number of carbonyl (C=O) groups is 1. The third-order valence-corrected chi connectivity index (χ3v) is 1.44. The van der Waals surface area contributed by atoms with Crippen LogP contribution >= 0.6 is 11.6 Å². The van der Waals surface area contributed by atoms with Crippen LogP contribution in [0.15, 0.2) is 0 Å². The van der Waals surface area contributed by atoms with Crippen LogP contribution in [0.25, 0.3) is 0 Å². The Bertz CT molecular complexity index is 200. The Hall–Kier alpha value is -0.680. The summed E-state index contributed by atoms with van der Waals surface area (Å²) in [6.07, 6.45) is 0.375. The van der Waals surface area contributed by atoms with Gasteiger partial charge in [0.2, 0.25) is 0 Å². The molecule has 0 aliphatic carbocycles. The summed E-state index contributed by atoms with van der Waals surface area (Å²) in [5, 5.41) is -0.599. The van der Waals surface area contributed by atoms with Crippen LogP contribution in [0.3, 0.4) is 0 Å². The zero-order chi connectivity index (χ0) is 9.56. The zero-order valence-electron chi connectivity index (χ0n) is 7.56. The van der Waals surface area contributed by atoms with Gasteiger partial charge >= 0.3 is 5.97 Å². The van der Waals surface area contributed by atoms with Crippen molar-refractivity contribution >= 4 is 17.6 Å². The van der Waals surface area contributed by atoms with Crippen molar-refractivity contribution in [3.63, 3.8) is 0 Å². The molecule has 0 aliphatic heterocycles. The molecule has 2 atom stereocenters. The first-order valence-electron chi connectivity index (χ1n) is 3.88. The predicted octanol–water partition coefficient (Wildman–Crippen LogP) is 1.96. The van der Waals surface area contributed by atoms with E-state index in [4.69, 9.17) is 16.3 Å². The SMILES string of the molecule is CC#CC(CC)OC(=O)C(C)Cl. The molecular formula is C9H13ClO2. The van der Waals surface area contributed by atoms with E-state index in [0.717, 1.165) is 0 Å². The van der Waals surface area contributed by atoms with E-state index >= 15 is 0 Å². The molecule has 0 bridgehead atoms. The number of ether oxygens (including phenoxy) is 1.